The summed E-state index contributed by atoms with van der Waals surface area (Å²) in [5.74, 6) is 0. The summed E-state index contributed by atoms with van der Waals surface area (Å²) in [6, 6.07) is -0.658. The maximum Gasteiger partial charge on any atom is 0.408 e. The first-order chi connectivity index (χ1) is 10.3. The van der Waals surface area contributed by atoms with Gasteiger partial charge < -0.3 is 5.73 Å². The van der Waals surface area contributed by atoms with Crippen LogP contribution in [0.4, 0.5) is 23.0 Å². The zero-order valence-corrected chi connectivity index (χ0v) is 12.4. The van der Waals surface area contributed by atoms with E-state index in [2.05, 4.69) is 10.4 Å². The van der Waals surface area contributed by atoms with Gasteiger partial charge in [-0.1, -0.05) is 0 Å². The van der Waals surface area contributed by atoms with Crippen molar-refractivity contribution < 1.29 is 18.0 Å². The number of nitrogens with one attached hydrogen (secondary N) is 1. The molecule has 0 bridgehead atoms. The molecular formula is C13H13F3N4OS. The SMILES string of the molecule is Cc1c(NC(N)=O)sc2c1CCc1c-2cnn1CC(F)(F)F. The average molecular weight is 330 g/mol. The van der Waals surface area contributed by atoms with E-state index >= 15 is 0 Å². The highest BCUT2D eigenvalue weighted by Gasteiger charge is 2.32. The normalized spacial score (nSPS) is 13.6. The lowest BCUT2D eigenvalue weighted by Gasteiger charge is -2.16. The third-order valence-corrected chi connectivity index (χ3v) is 4.93. The maximum absolute atomic E-state index is 12.6. The summed E-state index contributed by atoms with van der Waals surface area (Å²) >= 11 is 1.32. The number of carbonyl (C=O) groups is 1. The van der Waals surface area contributed by atoms with Crippen molar-refractivity contribution in [3.8, 4) is 10.4 Å². The van der Waals surface area contributed by atoms with E-state index in [4.69, 9.17) is 5.73 Å². The first-order valence-corrected chi connectivity index (χ1v) is 7.38. The summed E-state index contributed by atoms with van der Waals surface area (Å²) in [6.07, 6.45) is -1.73. The molecule has 0 saturated heterocycles. The number of nitrogens with zero attached hydrogens (tertiary/aromatic N) is 2. The standard InChI is InChI=1S/C13H13F3N4OS/c1-6-7-2-3-9-8(4-18-20(9)5-13(14,15)16)10(7)22-11(6)19-12(17)21/h4H,2-3,5H2,1H3,(H3,17,19,21). The van der Waals surface area contributed by atoms with Crippen molar-refractivity contribution in [1.82, 2.24) is 9.78 Å². The van der Waals surface area contributed by atoms with Gasteiger partial charge in [0, 0.05) is 16.1 Å². The number of halogens is 3. The number of thiophene rings is 1. The van der Waals surface area contributed by atoms with E-state index in [0.29, 0.717) is 29.1 Å². The zero-order chi connectivity index (χ0) is 16.1. The molecule has 0 atom stereocenters. The lowest BCUT2D eigenvalue weighted by Crippen LogP contribution is -2.21. The fraction of sp³-hybridized carbons (Fsp3) is 0.385. The molecule has 22 heavy (non-hydrogen) atoms. The second-order valence-corrected chi connectivity index (χ2v) is 6.15. The molecule has 3 rings (SSSR count). The quantitative estimate of drug-likeness (QED) is 0.888. The van der Waals surface area contributed by atoms with Crippen LogP contribution in [0.1, 0.15) is 16.8 Å². The molecule has 0 unspecified atom stereocenters. The van der Waals surface area contributed by atoms with E-state index in [-0.39, 0.29) is 0 Å². The van der Waals surface area contributed by atoms with Gasteiger partial charge in [-0.05, 0) is 30.9 Å². The minimum Gasteiger partial charge on any atom is -0.351 e. The van der Waals surface area contributed by atoms with E-state index in [1.54, 1.807) is 0 Å². The van der Waals surface area contributed by atoms with Crippen LogP contribution < -0.4 is 11.1 Å². The van der Waals surface area contributed by atoms with Crippen molar-refractivity contribution in [3.63, 3.8) is 0 Å². The Morgan fingerprint density at radius 1 is 1.50 bits per heavy atom. The van der Waals surface area contributed by atoms with Crippen molar-refractivity contribution in [3.05, 3.63) is 23.0 Å². The number of amides is 2. The van der Waals surface area contributed by atoms with Crippen LogP contribution in [0, 0.1) is 6.92 Å². The molecule has 0 fully saturated rings. The lowest BCUT2D eigenvalue weighted by atomic mass is 9.94. The van der Waals surface area contributed by atoms with Crippen molar-refractivity contribution in [2.45, 2.75) is 32.5 Å². The van der Waals surface area contributed by atoms with Gasteiger partial charge in [0.2, 0.25) is 0 Å². The molecule has 0 aromatic carbocycles. The van der Waals surface area contributed by atoms with E-state index in [0.717, 1.165) is 20.7 Å². The molecule has 9 heteroatoms. The number of carbonyl (C=O) groups excluding carboxylic acids is 1. The van der Waals surface area contributed by atoms with Crippen LogP contribution in [-0.2, 0) is 19.4 Å². The molecule has 0 radical (unpaired) electrons. The Hall–Kier alpha value is -2.03. The summed E-state index contributed by atoms with van der Waals surface area (Å²) in [7, 11) is 0. The zero-order valence-electron chi connectivity index (χ0n) is 11.6. The summed E-state index contributed by atoms with van der Waals surface area (Å²) in [5.41, 5.74) is 8.36. The van der Waals surface area contributed by atoms with Gasteiger partial charge in [-0.3, -0.25) is 10.00 Å². The van der Waals surface area contributed by atoms with Crippen LogP contribution >= 0.6 is 11.3 Å². The van der Waals surface area contributed by atoms with Gasteiger partial charge in [-0.2, -0.15) is 18.3 Å². The second-order valence-electron chi connectivity index (χ2n) is 5.13. The summed E-state index contributed by atoms with van der Waals surface area (Å²) in [4.78, 5) is 11.9. The molecule has 1 aliphatic rings. The minimum atomic E-state index is -4.30. The summed E-state index contributed by atoms with van der Waals surface area (Å²) in [6.45, 7) is 0.778. The van der Waals surface area contributed by atoms with Crippen molar-refractivity contribution in [2.75, 3.05) is 5.32 Å². The number of rotatable bonds is 2. The van der Waals surface area contributed by atoms with Crippen LogP contribution in [-0.4, -0.2) is 22.0 Å². The van der Waals surface area contributed by atoms with Gasteiger partial charge in [-0.25, -0.2) is 4.79 Å². The number of alkyl halides is 3. The largest absolute Gasteiger partial charge is 0.408 e. The van der Waals surface area contributed by atoms with E-state index < -0.39 is 18.8 Å². The number of fused-ring (bicyclic) bond motifs is 3. The molecule has 0 aliphatic heterocycles. The van der Waals surface area contributed by atoms with Crippen LogP contribution in [0.5, 0.6) is 0 Å². The minimum absolute atomic E-state index is 0.492. The third-order valence-electron chi connectivity index (χ3n) is 3.64. The smallest absolute Gasteiger partial charge is 0.351 e. The first kappa shape index (κ1) is 14.9. The van der Waals surface area contributed by atoms with Gasteiger partial charge >= 0.3 is 12.2 Å². The highest BCUT2D eigenvalue weighted by molar-refractivity contribution is 7.20. The topological polar surface area (TPSA) is 72.9 Å². The Kier molecular flexibility index (Phi) is 3.39. The molecule has 3 N–H and O–H groups in total. The molecular weight excluding hydrogens is 317 g/mol. The lowest BCUT2D eigenvalue weighted by molar-refractivity contribution is -0.143. The molecule has 0 saturated carbocycles. The fourth-order valence-corrected chi connectivity index (χ4v) is 4.00. The highest BCUT2D eigenvalue weighted by Crippen LogP contribution is 2.44. The first-order valence-electron chi connectivity index (χ1n) is 6.57. The summed E-state index contributed by atoms with van der Waals surface area (Å²) in [5, 5.41) is 7.06. The second kappa shape index (κ2) is 5.01. The Bertz CT molecular complexity index is 747. The monoisotopic (exact) mass is 330 g/mol. The molecule has 2 heterocycles. The average Bonchev–Trinajstić information content (AvgIpc) is 2.91. The molecule has 1 aliphatic carbocycles. The number of anilines is 1. The van der Waals surface area contributed by atoms with Crippen LogP contribution in [0.2, 0.25) is 0 Å². The van der Waals surface area contributed by atoms with Crippen LogP contribution in [0.3, 0.4) is 0 Å². The van der Waals surface area contributed by atoms with Gasteiger partial charge in [0.15, 0.2) is 0 Å². The number of nitrogens with two attached hydrogens (primary N) is 1. The molecule has 0 spiro atoms. The number of aromatic nitrogens is 2. The predicted octanol–water partition coefficient (Wildman–Crippen LogP) is 3.07. The Balaban J connectivity index is 2.02. The molecule has 2 aromatic rings. The summed E-state index contributed by atoms with van der Waals surface area (Å²) < 4.78 is 38.7. The van der Waals surface area contributed by atoms with Gasteiger partial charge in [-0.15, -0.1) is 11.3 Å². The fourth-order valence-electron chi connectivity index (χ4n) is 2.71. The molecule has 2 aromatic heterocycles. The highest BCUT2D eigenvalue weighted by atomic mass is 32.1. The molecule has 118 valence electrons. The predicted molar refractivity (Wildman–Crippen MR) is 76.9 cm³/mol. The van der Waals surface area contributed by atoms with Crippen LogP contribution in [0.25, 0.3) is 10.4 Å². The van der Waals surface area contributed by atoms with Crippen molar-refractivity contribution in [1.29, 1.82) is 0 Å². The molecule has 2 amide bonds. The van der Waals surface area contributed by atoms with E-state index in [1.807, 2.05) is 6.92 Å². The number of primary amides is 1. The van der Waals surface area contributed by atoms with Gasteiger partial charge in [0.25, 0.3) is 0 Å². The van der Waals surface area contributed by atoms with Gasteiger partial charge in [0.05, 0.1) is 6.20 Å². The number of hydrogen-bond donors (Lipinski definition) is 2. The number of urea groups is 1. The Morgan fingerprint density at radius 2 is 2.23 bits per heavy atom. The van der Waals surface area contributed by atoms with Gasteiger partial charge in [0.1, 0.15) is 11.5 Å². The Morgan fingerprint density at radius 3 is 2.86 bits per heavy atom. The van der Waals surface area contributed by atoms with E-state index in [9.17, 15) is 18.0 Å². The van der Waals surface area contributed by atoms with Crippen LogP contribution in [0.15, 0.2) is 6.20 Å². The van der Waals surface area contributed by atoms with Crippen molar-refractivity contribution in [2.24, 2.45) is 5.73 Å². The van der Waals surface area contributed by atoms with E-state index in [1.165, 1.54) is 17.5 Å². The maximum atomic E-state index is 12.6. The molecule has 5 nitrogen and oxygen atoms in total. The van der Waals surface area contributed by atoms with Crippen molar-refractivity contribution >= 4 is 22.4 Å². The number of hydrogen-bond acceptors (Lipinski definition) is 3. The third kappa shape index (κ3) is 2.56. The Labute approximate surface area is 127 Å².